The maximum atomic E-state index is 12.8. The average molecular weight is 450 g/mol. The fraction of sp³-hybridized carbons (Fsp3) is 0.250. The number of fused-ring (bicyclic) bond motifs is 1. The molecule has 1 atom stereocenters. The lowest BCUT2D eigenvalue weighted by molar-refractivity contribution is -0.137. The number of halogens is 3. The minimum atomic E-state index is -4.48. The Balaban J connectivity index is 1.37. The van der Waals surface area contributed by atoms with Gasteiger partial charge in [0.25, 0.3) is 0 Å². The van der Waals surface area contributed by atoms with E-state index in [1.165, 1.54) is 12.1 Å². The van der Waals surface area contributed by atoms with Crippen LogP contribution in [0.15, 0.2) is 53.7 Å². The van der Waals surface area contributed by atoms with Gasteiger partial charge < -0.3 is 19.4 Å². The molecule has 1 aliphatic rings. The molecule has 2 heterocycles. The maximum Gasteiger partial charge on any atom is 0.416 e. The number of nitrogens with one attached hydrogen (secondary N) is 1. The van der Waals surface area contributed by atoms with E-state index >= 15 is 0 Å². The quantitative estimate of drug-likeness (QED) is 0.591. The molecule has 1 aliphatic heterocycles. The van der Waals surface area contributed by atoms with Crippen LogP contribution >= 0.6 is 11.8 Å². The first-order valence-electron chi connectivity index (χ1n) is 9.19. The Hall–Kier alpha value is -3.21. The molecule has 1 aromatic heterocycles. The molecule has 0 bridgehead atoms. The number of nitrogens with zero attached hydrogens (tertiary/aromatic N) is 3. The number of hydrogen-bond acceptors (Lipinski definition) is 6. The lowest BCUT2D eigenvalue weighted by Crippen LogP contribution is -2.24. The van der Waals surface area contributed by atoms with E-state index in [-0.39, 0.29) is 18.0 Å². The monoisotopic (exact) mass is 450 g/mol. The smallest absolute Gasteiger partial charge is 0.416 e. The van der Waals surface area contributed by atoms with Gasteiger partial charge in [-0.05, 0) is 30.3 Å². The Kier molecular flexibility index (Phi) is 5.77. The number of amides is 1. The number of rotatable bonds is 5. The number of para-hydroxylation sites is 2. The fourth-order valence-electron chi connectivity index (χ4n) is 2.98. The van der Waals surface area contributed by atoms with Gasteiger partial charge in [-0.1, -0.05) is 30.0 Å². The number of benzene rings is 2. The summed E-state index contributed by atoms with van der Waals surface area (Å²) in [7, 11) is 1.74. The number of hydrogen-bond donors (Lipinski definition) is 1. The summed E-state index contributed by atoms with van der Waals surface area (Å²) in [5, 5.41) is 11.2. The van der Waals surface area contributed by atoms with Gasteiger partial charge in [-0.15, -0.1) is 10.2 Å². The van der Waals surface area contributed by atoms with Crippen LogP contribution in [-0.2, 0) is 18.0 Å². The molecule has 2 aromatic carbocycles. The summed E-state index contributed by atoms with van der Waals surface area (Å²) in [5.74, 6) is 1.29. The number of aromatic nitrogens is 3. The second-order valence-electron chi connectivity index (χ2n) is 6.68. The zero-order valence-corrected chi connectivity index (χ0v) is 17.0. The van der Waals surface area contributed by atoms with Crippen LogP contribution in [0.5, 0.6) is 11.5 Å². The third-order valence-corrected chi connectivity index (χ3v) is 5.49. The molecule has 0 saturated carbocycles. The van der Waals surface area contributed by atoms with Gasteiger partial charge in [0.1, 0.15) is 6.61 Å². The molecule has 1 amide bonds. The summed E-state index contributed by atoms with van der Waals surface area (Å²) in [5.41, 5.74) is -0.752. The van der Waals surface area contributed by atoms with Gasteiger partial charge in [0.15, 0.2) is 28.6 Å². The summed E-state index contributed by atoms with van der Waals surface area (Å²) < 4.78 is 51.7. The SMILES string of the molecule is Cn1c(SCC(=O)Nc2cccc(C(F)(F)F)c2)nnc1C1COc2ccccc2O1. The van der Waals surface area contributed by atoms with Gasteiger partial charge >= 0.3 is 6.18 Å². The third-order valence-electron chi connectivity index (χ3n) is 4.47. The Morgan fingerprint density at radius 3 is 2.74 bits per heavy atom. The van der Waals surface area contributed by atoms with Gasteiger partial charge in [0.05, 0.1) is 11.3 Å². The first-order chi connectivity index (χ1) is 14.8. The lowest BCUT2D eigenvalue weighted by atomic mass is 10.2. The normalized spacial score (nSPS) is 15.5. The number of anilines is 1. The van der Waals surface area contributed by atoms with Crippen LogP contribution < -0.4 is 14.8 Å². The number of alkyl halides is 3. The first kappa shape index (κ1) is 21.0. The highest BCUT2D eigenvalue weighted by atomic mass is 32.2. The zero-order valence-electron chi connectivity index (χ0n) is 16.2. The number of ether oxygens (including phenoxy) is 2. The summed E-state index contributed by atoms with van der Waals surface area (Å²) in [4.78, 5) is 12.2. The van der Waals surface area contributed by atoms with E-state index in [1.807, 2.05) is 18.2 Å². The molecule has 31 heavy (non-hydrogen) atoms. The standard InChI is InChI=1S/C20H17F3N4O3S/c1-27-18(16-10-29-14-7-2-3-8-15(14)30-16)25-26-19(27)31-11-17(28)24-13-6-4-5-12(9-13)20(21,22)23/h2-9,16H,10-11H2,1H3,(H,24,28). The third kappa shape index (κ3) is 4.76. The predicted molar refractivity (Wildman–Crippen MR) is 107 cm³/mol. The molecule has 0 radical (unpaired) electrons. The first-order valence-corrected chi connectivity index (χ1v) is 10.2. The van der Waals surface area contributed by atoms with E-state index in [2.05, 4.69) is 15.5 Å². The number of carbonyl (C=O) groups is 1. The van der Waals surface area contributed by atoms with E-state index in [0.29, 0.717) is 22.5 Å². The Morgan fingerprint density at radius 2 is 1.97 bits per heavy atom. The molecule has 1 unspecified atom stereocenters. The summed E-state index contributed by atoms with van der Waals surface area (Å²) in [6.45, 7) is 0.268. The van der Waals surface area contributed by atoms with Crippen molar-refractivity contribution in [2.24, 2.45) is 7.05 Å². The Bertz CT molecular complexity index is 1100. The van der Waals surface area contributed by atoms with E-state index < -0.39 is 23.8 Å². The molecule has 0 fully saturated rings. The van der Waals surface area contributed by atoms with Crippen molar-refractivity contribution in [3.05, 3.63) is 59.9 Å². The van der Waals surface area contributed by atoms with Crippen molar-refractivity contribution in [3.63, 3.8) is 0 Å². The van der Waals surface area contributed by atoms with E-state index in [4.69, 9.17) is 9.47 Å². The van der Waals surface area contributed by atoms with Crippen LogP contribution in [0.2, 0.25) is 0 Å². The highest BCUT2D eigenvalue weighted by Gasteiger charge is 2.30. The fourth-order valence-corrected chi connectivity index (χ4v) is 3.70. The van der Waals surface area contributed by atoms with Crippen LogP contribution in [0.3, 0.4) is 0 Å². The van der Waals surface area contributed by atoms with Crippen molar-refractivity contribution >= 4 is 23.4 Å². The van der Waals surface area contributed by atoms with Gasteiger partial charge in [-0.2, -0.15) is 13.2 Å². The molecule has 4 rings (SSSR count). The second kappa shape index (κ2) is 8.50. The highest BCUT2D eigenvalue weighted by Crippen LogP contribution is 2.36. The van der Waals surface area contributed by atoms with Gasteiger partial charge in [0.2, 0.25) is 5.91 Å². The molecule has 3 aromatic rings. The molecular formula is C20H17F3N4O3S. The topological polar surface area (TPSA) is 78.3 Å². The Morgan fingerprint density at radius 1 is 1.19 bits per heavy atom. The van der Waals surface area contributed by atoms with Gasteiger partial charge in [-0.3, -0.25) is 4.79 Å². The van der Waals surface area contributed by atoms with Crippen molar-refractivity contribution in [1.29, 1.82) is 0 Å². The second-order valence-corrected chi connectivity index (χ2v) is 7.62. The van der Waals surface area contributed by atoms with Crippen LogP contribution in [-0.4, -0.2) is 33.0 Å². The van der Waals surface area contributed by atoms with E-state index in [9.17, 15) is 18.0 Å². The molecule has 1 N–H and O–H groups in total. The zero-order chi connectivity index (χ0) is 22.0. The molecule has 0 saturated heterocycles. The van der Waals surface area contributed by atoms with Crippen molar-refractivity contribution in [3.8, 4) is 11.5 Å². The largest absolute Gasteiger partial charge is 0.485 e. The van der Waals surface area contributed by atoms with Crippen molar-refractivity contribution in [2.75, 3.05) is 17.7 Å². The summed E-state index contributed by atoms with van der Waals surface area (Å²) in [6.07, 6.45) is -4.93. The minimum Gasteiger partial charge on any atom is -0.485 e. The maximum absolute atomic E-state index is 12.8. The van der Waals surface area contributed by atoms with Crippen molar-refractivity contribution < 1.29 is 27.4 Å². The minimum absolute atomic E-state index is 0.0485. The predicted octanol–water partition coefficient (Wildman–Crippen LogP) is 4.08. The van der Waals surface area contributed by atoms with Crippen molar-refractivity contribution in [1.82, 2.24) is 14.8 Å². The molecule has 162 valence electrons. The molecule has 0 aliphatic carbocycles. The molecule has 7 nitrogen and oxygen atoms in total. The number of carbonyl (C=O) groups excluding carboxylic acids is 1. The van der Waals surface area contributed by atoms with Gasteiger partial charge in [0, 0.05) is 12.7 Å². The van der Waals surface area contributed by atoms with Crippen LogP contribution in [0, 0.1) is 0 Å². The summed E-state index contributed by atoms with van der Waals surface area (Å²) >= 11 is 1.11. The van der Waals surface area contributed by atoms with Crippen LogP contribution in [0.25, 0.3) is 0 Å². The van der Waals surface area contributed by atoms with Gasteiger partial charge in [-0.25, -0.2) is 0 Å². The van der Waals surface area contributed by atoms with Crippen LogP contribution in [0.4, 0.5) is 18.9 Å². The number of thioether (sulfide) groups is 1. The average Bonchev–Trinajstić information content (AvgIpc) is 3.12. The van der Waals surface area contributed by atoms with E-state index in [0.717, 1.165) is 23.9 Å². The molecule has 0 spiro atoms. The molecular weight excluding hydrogens is 433 g/mol. The highest BCUT2D eigenvalue weighted by molar-refractivity contribution is 7.99. The lowest BCUT2D eigenvalue weighted by Gasteiger charge is -2.25. The van der Waals surface area contributed by atoms with E-state index in [1.54, 1.807) is 17.7 Å². The Labute approximate surface area is 179 Å². The van der Waals surface area contributed by atoms with Crippen LogP contribution in [0.1, 0.15) is 17.5 Å². The molecule has 11 heteroatoms. The van der Waals surface area contributed by atoms with Crippen molar-refractivity contribution in [2.45, 2.75) is 17.4 Å². The summed E-state index contributed by atoms with van der Waals surface area (Å²) in [6, 6.07) is 11.8.